The first-order valence-corrected chi connectivity index (χ1v) is 12.2. The number of hydrogen-bond donors (Lipinski definition) is 0. The lowest BCUT2D eigenvalue weighted by Gasteiger charge is -2.23. The molecule has 3 heteroatoms. The van der Waals surface area contributed by atoms with E-state index in [1.807, 2.05) is 0 Å². The van der Waals surface area contributed by atoms with Crippen molar-refractivity contribution < 1.29 is 0 Å². The maximum absolute atomic E-state index is 2.32. The van der Waals surface area contributed by atoms with Gasteiger partial charge in [-0.15, -0.1) is 35.3 Å². The zero-order valence-corrected chi connectivity index (χ0v) is 17.3. The van der Waals surface area contributed by atoms with Gasteiger partial charge >= 0.3 is 0 Å². The molecule has 0 aliphatic heterocycles. The maximum Gasteiger partial charge on any atom is 0.0513 e. The van der Waals surface area contributed by atoms with E-state index in [-0.39, 0.29) is 0 Å². The Morgan fingerprint density at radius 3 is 1.29 bits per heavy atom. The average molecular weight is 351 g/mol. The minimum atomic E-state index is 0.840. The standard InChI is InChI=1S/C18H38S3/c1-5-9-13-17(19-15-11-7-3)21-18(14-10-6-2)20-16-12-8-4/h17-18H,5-16H2,1-4H3. The molecule has 0 amide bonds. The molecular weight excluding hydrogens is 312 g/mol. The van der Waals surface area contributed by atoms with Gasteiger partial charge in [0.2, 0.25) is 0 Å². The molecular formula is C18H38S3. The fourth-order valence-electron chi connectivity index (χ4n) is 2.01. The summed E-state index contributed by atoms with van der Waals surface area (Å²) < 4.78 is 1.68. The Labute approximate surface area is 147 Å². The lowest BCUT2D eigenvalue weighted by Crippen LogP contribution is -2.07. The molecule has 2 atom stereocenters. The van der Waals surface area contributed by atoms with Crippen molar-refractivity contribution in [3.63, 3.8) is 0 Å². The Hall–Kier alpha value is 1.05. The highest BCUT2D eigenvalue weighted by molar-refractivity contribution is 8.24. The van der Waals surface area contributed by atoms with Crippen LogP contribution in [-0.4, -0.2) is 20.7 Å². The third-order valence-corrected chi connectivity index (χ3v) is 8.32. The van der Waals surface area contributed by atoms with Crippen molar-refractivity contribution in [1.82, 2.24) is 0 Å². The summed E-state index contributed by atoms with van der Waals surface area (Å²) in [6.07, 6.45) is 13.7. The Balaban J connectivity index is 4.22. The fourth-order valence-corrected chi connectivity index (χ4v) is 7.28. The predicted octanol–water partition coefficient (Wildman–Crippen LogP) is 7.82. The molecule has 0 radical (unpaired) electrons. The summed E-state index contributed by atoms with van der Waals surface area (Å²) in [4.78, 5) is 0. The van der Waals surface area contributed by atoms with Crippen LogP contribution in [0.1, 0.15) is 91.9 Å². The first kappa shape index (κ1) is 22.1. The summed E-state index contributed by atoms with van der Waals surface area (Å²) in [5.41, 5.74) is 0. The minimum Gasteiger partial charge on any atom is -0.148 e. The van der Waals surface area contributed by atoms with Crippen molar-refractivity contribution in [2.75, 3.05) is 11.5 Å². The molecule has 0 aliphatic carbocycles. The first-order valence-electron chi connectivity index (χ1n) is 9.17. The monoisotopic (exact) mass is 350 g/mol. The second kappa shape index (κ2) is 17.4. The molecule has 128 valence electrons. The van der Waals surface area contributed by atoms with E-state index >= 15 is 0 Å². The maximum atomic E-state index is 2.32. The van der Waals surface area contributed by atoms with Crippen LogP contribution in [0.3, 0.4) is 0 Å². The Kier molecular flexibility index (Phi) is 18.3. The lowest BCUT2D eigenvalue weighted by atomic mass is 10.3. The number of rotatable bonds is 16. The highest BCUT2D eigenvalue weighted by Gasteiger charge is 2.17. The van der Waals surface area contributed by atoms with E-state index in [0.29, 0.717) is 0 Å². The third kappa shape index (κ3) is 14.4. The molecule has 0 N–H and O–H groups in total. The summed E-state index contributed by atoms with van der Waals surface area (Å²) in [5, 5.41) is 0. The van der Waals surface area contributed by atoms with Gasteiger partial charge in [0, 0.05) is 0 Å². The zero-order valence-electron chi connectivity index (χ0n) is 14.9. The van der Waals surface area contributed by atoms with Gasteiger partial charge in [-0.1, -0.05) is 66.2 Å². The highest BCUT2D eigenvalue weighted by atomic mass is 32.2. The summed E-state index contributed by atoms with van der Waals surface area (Å²) in [7, 11) is 0. The number of unbranched alkanes of at least 4 members (excludes halogenated alkanes) is 4. The van der Waals surface area contributed by atoms with Crippen molar-refractivity contribution in [3.8, 4) is 0 Å². The van der Waals surface area contributed by atoms with Crippen LogP contribution in [0.15, 0.2) is 0 Å². The van der Waals surface area contributed by atoms with Gasteiger partial charge in [-0.05, 0) is 37.2 Å². The largest absolute Gasteiger partial charge is 0.148 e. The van der Waals surface area contributed by atoms with E-state index in [0.717, 1.165) is 9.16 Å². The van der Waals surface area contributed by atoms with E-state index in [1.165, 1.54) is 75.7 Å². The van der Waals surface area contributed by atoms with E-state index in [1.54, 1.807) is 0 Å². The van der Waals surface area contributed by atoms with Crippen LogP contribution >= 0.6 is 35.3 Å². The normalized spacial score (nSPS) is 14.3. The van der Waals surface area contributed by atoms with Gasteiger partial charge in [-0.2, -0.15) is 0 Å². The molecule has 0 aromatic carbocycles. The quantitative estimate of drug-likeness (QED) is 0.206. The van der Waals surface area contributed by atoms with E-state index in [4.69, 9.17) is 0 Å². The molecule has 0 rings (SSSR count). The summed E-state index contributed by atoms with van der Waals surface area (Å²) >= 11 is 6.77. The predicted molar refractivity (Wildman–Crippen MR) is 109 cm³/mol. The molecule has 0 aromatic heterocycles. The first-order chi connectivity index (χ1) is 10.3. The summed E-state index contributed by atoms with van der Waals surface area (Å²) in [5.74, 6) is 2.72. The van der Waals surface area contributed by atoms with Crippen LogP contribution in [0.4, 0.5) is 0 Å². The van der Waals surface area contributed by atoms with Gasteiger partial charge in [-0.25, -0.2) is 0 Å². The van der Waals surface area contributed by atoms with Crippen LogP contribution in [0.2, 0.25) is 0 Å². The van der Waals surface area contributed by atoms with Crippen LogP contribution in [-0.2, 0) is 0 Å². The van der Waals surface area contributed by atoms with Crippen LogP contribution < -0.4 is 0 Å². The van der Waals surface area contributed by atoms with Crippen molar-refractivity contribution in [2.45, 2.75) is 101 Å². The van der Waals surface area contributed by atoms with Gasteiger partial charge in [0.15, 0.2) is 0 Å². The van der Waals surface area contributed by atoms with Crippen molar-refractivity contribution >= 4 is 35.3 Å². The third-order valence-electron chi connectivity index (χ3n) is 3.49. The van der Waals surface area contributed by atoms with Crippen LogP contribution in [0, 0.1) is 0 Å². The molecule has 0 saturated heterocycles. The van der Waals surface area contributed by atoms with Gasteiger partial charge < -0.3 is 0 Å². The molecule has 0 heterocycles. The van der Waals surface area contributed by atoms with E-state index in [9.17, 15) is 0 Å². The summed E-state index contributed by atoms with van der Waals surface area (Å²) in [6.45, 7) is 9.25. The minimum absolute atomic E-state index is 0.840. The van der Waals surface area contributed by atoms with E-state index < -0.39 is 0 Å². The topological polar surface area (TPSA) is 0 Å². The van der Waals surface area contributed by atoms with Crippen molar-refractivity contribution in [2.24, 2.45) is 0 Å². The highest BCUT2D eigenvalue weighted by Crippen LogP contribution is 2.39. The molecule has 21 heavy (non-hydrogen) atoms. The van der Waals surface area contributed by atoms with Gasteiger partial charge in [0.05, 0.1) is 9.16 Å². The Bertz CT molecular complexity index is 177. The molecule has 0 nitrogen and oxygen atoms in total. The second-order valence-electron chi connectivity index (χ2n) is 5.73. The zero-order chi connectivity index (χ0) is 15.8. The van der Waals surface area contributed by atoms with E-state index in [2.05, 4.69) is 63.0 Å². The molecule has 0 aliphatic rings. The number of hydrogen-bond acceptors (Lipinski definition) is 3. The van der Waals surface area contributed by atoms with Crippen molar-refractivity contribution in [1.29, 1.82) is 0 Å². The Morgan fingerprint density at radius 2 is 0.952 bits per heavy atom. The second-order valence-corrected chi connectivity index (χ2v) is 10.4. The molecule has 2 unspecified atom stereocenters. The molecule has 0 spiro atoms. The average Bonchev–Trinajstić information content (AvgIpc) is 2.50. The number of thioether (sulfide) groups is 3. The van der Waals surface area contributed by atoms with Crippen LogP contribution in [0.25, 0.3) is 0 Å². The molecule has 0 bridgehead atoms. The smallest absolute Gasteiger partial charge is 0.0513 e. The molecule has 0 aromatic rings. The van der Waals surface area contributed by atoms with Gasteiger partial charge in [0.25, 0.3) is 0 Å². The van der Waals surface area contributed by atoms with Crippen LogP contribution in [0.5, 0.6) is 0 Å². The van der Waals surface area contributed by atoms with Gasteiger partial charge in [-0.3, -0.25) is 0 Å². The Morgan fingerprint density at radius 1 is 0.571 bits per heavy atom. The van der Waals surface area contributed by atoms with Gasteiger partial charge in [0.1, 0.15) is 0 Å². The molecule has 0 fully saturated rings. The molecule has 0 saturated carbocycles. The van der Waals surface area contributed by atoms with Crippen molar-refractivity contribution in [3.05, 3.63) is 0 Å². The fraction of sp³-hybridized carbons (Fsp3) is 1.00. The SMILES string of the molecule is CCCCSC(CCCC)SC(CCCC)SCCCC. The summed E-state index contributed by atoms with van der Waals surface area (Å²) in [6, 6.07) is 0. The lowest BCUT2D eigenvalue weighted by molar-refractivity contribution is 0.748.